The third kappa shape index (κ3) is 8.82. The van der Waals surface area contributed by atoms with Gasteiger partial charge in [-0.1, -0.05) is 125 Å². The molecule has 1 aliphatic rings. The van der Waals surface area contributed by atoms with E-state index < -0.39 is 0 Å². The third-order valence-corrected chi connectivity index (χ3v) is 10.4. The van der Waals surface area contributed by atoms with E-state index in [0.717, 1.165) is 55.7 Å². The number of rotatable bonds is 13. The van der Waals surface area contributed by atoms with Gasteiger partial charge in [0.25, 0.3) is 5.56 Å². The average molecular weight is 651 g/mol. The highest BCUT2D eigenvalue weighted by atomic mass is 32.2. The van der Waals surface area contributed by atoms with Crippen LogP contribution in [-0.2, 0) is 41.9 Å². The fourth-order valence-corrected chi connectivity index (χ4v) is 7.17. The summed E-state index contributed by atoms with van der Waals surface area (Å²) < 4.78 is 2.04. The van der Waals surface area contributed by atoms with Crippen molar-refractivity contribution in [3.63, 3.8) is 0 Å². The van der Waals surface area contributed by atoms with Crippen molar-refractivity contribution >= 4 is 17.7 Å². The van der Waals surface area contributed by atoms with Crippen LogP contribution in [-0.4, -0.2) is 51.4 Å². The van der Waals surface area contributed by atoms with E-state index in [2.05, 4.69) is 124 Å². The highest BCUT2D eigenvalue weighted by molar-refractivity contribution is 7.98. The molecule has 0 radical (unpaired) electrons. The number of carbonyl (C=O) groups is 1. The lowest BCUT2D eigenvalue weighted by atomic mass is 9.86. The number of likely N-dealkylation sites (N-methyl/N-ethyl adjacent to an activating group) is 1. The van der Waals surface area contributed by atoms with Crippen molar-refractivity contribution in [2.75, 3.05) is 26.2 Å². The molecule has 0 fully saturated rings. The normalized spacial score (nSPS) is 12.8. The fourth-order valence-electron chi connectivity index (χ4n) is 6.21. The summed E-state index contributed by atoms with van der Waals surface area (Å²) in [6.07, 6.45) is 2.45. The maximum absolute atomic E-state index is 14.2. The second-order valence-corrected chi connectivity index (χ2v) is 14.6. The molecule has 248 valence electrons. The minimum absolute atomic E-state index is 0.0516. The van der Waals surface area contributed by atoms with Crippen LogP contribution in [0, 0.1) is 6.92 Å². The summed E-state index contributed by atoms with van der Waals surface area (Å²) in [5.74, 6) is 0.743. The Morgan fingerprint density at radius 1 is 0.851 bits per heavy atom. The molecule has 1 aliphatic carbocycles. The number of aryl methyl sites for hydroxylation is 1. The molecule has 3 aromatic carbocycles. The number of hydrogen-bond donors (Lipinski definition) is 0. The Bertz CT molecular complexity index is 1700. The van der Waals surface area contributed by atoms with Gasteiger partial charge in [-0.2, -0.15) is 4.98 Å². The van der Waals surface area contributed by atoms with Crippen LogP contribution >= 0.6 is 11.8 Å². The molecule has 0 saturated heterocycles. The fraction of sp³-hybridized carbons (Fsp3) is 0.425. The van der Waals surface area contributed by atoms with E-state index in [1.165, 1.54) is 27.8 Å². The van der Waals surface area contributed by atoms with E-state index >= 15 is 0 Å². The lowest BCUT2D eigenvalue weighted by Crippen LogP contribution is -2.40. The van der Waals surface area contributed by atoms with E-state index in [1.807, 2.05) is 9.47 Å². The van der Waals surface area contributed by atoms with Gasteiger partial charge < -0.3 is 14.4 Å². The first-order valence-electron chi connectivity index (χ1n) is 17.1. The van der Waals surface area contributed by atoms with Gasteiger partial charge in [-0.3, -0.25) is 9.59 Å². The van der Waals surface area contributed by atoms with Gasteiger partial charge in [0, 0.05) is 36.6 Å². The molecule has 1 heterocycles. The Morgan fingerprint density at radius 2 is 1.47 bits per heavy atom. The van der Waals surface area contributed by atoms with Gasteiger partial charge in [0.05, 0.1) is 0 Å². The molecule has 0 unspecified atom stereocenters. The van der Waals surface area contributed by atoms with Crippen molar-refractivity contribution in [3.05, 3.63) is 117 Å². The quantitative estimate of drug-likeness (QED) is 0.110. The van der Waals surface area contributed by atoms with Gasteiger partial charge in [-0.05, 0) is 72.5 Å². The molecule has 0 spiro atoms. The van der Waals surface area contributed by atoms with Crippen LogP contribution in [0.5, 0.6) is 0 Å². The van der Waals surface area contributed by atoms with E-state index in [1.54, 1.807) is 11.8 Å². The molecule has 7 heteroatoms. The van der Waals surface area contributed by atoms with Crippen LogP contribution in [0.4, 0.5) is 0 Å². The molecule has 1 aromatic heterocycles. The van der Waals surface area contributed by atoms with E-state index in [9.17, 15) is 9.59 Å². The van der Waals surface area contributed by atoms with Crippen LogP contribution < -0.4 is 5.56 Å². The highest BCUT2D eigenvalue weighted by Crippen LogP contribution is 2.28. The molecule has 0 atom stereocenters. The first kappa shape index (κ1) is 34.6. The Morgan fingerprint density at radius 3 is 2.09 bits per heavy atom. The van der Waals surface area contributed by atoms with Gasteiger partial charge in [0.15, 0.2) is 5.16 Å². The summed E-state index contributed by atoms with van der Waals surface area (Å²) in [5, 5.41) is 0.634. The smallest absolute Gasteiger partial charge is 0.277 e. The predicted octanol–water partition coefficient (Wildman–Crippen LogP) is 7.67. The van der Waals surface area contributed by atoms with E-state index in [-0.39, 0.29) is 23.4 Å². The largest absolute Gasteiger partial charge is 0.336 e. The van der Waals surface area contributed by atoms with Crippen LogP contribution in [0.15, 0.2) is 82.7 Å². The zero-order valence-corrected chi connectivity index (χ0v) is 29.8. The van der Waals surface area contributed by atoms with Crippen molar-refractivity contribution in [2.24, 2.45) is 0 Å². The zero-order chi connectivity index (χ0) is 33.6. The number of fused-ring (bicyclic) bond motifs is 1. The van der Waals surface area contributed by atoms with Crippen molar-refractivity contribution < 1.29 is 4.79 Å². The van der Waals surface area contributed by atoms with Gasteiger partial charge in [-0.15, -0.1) is 0 Å². The number of nitrogens with zero attached hydrogens (tertiary/aromatic N) is 4. The molecule has 0 N–H and O–H groups in total. The van der Waals surface area contributed by atoms with Crippen molar-refractivity contribution in [2.45, 2.75) is 90.2 Å². The summed E-state index contributed by atoms with van der Waals surface area (Å²) in [6.45, 7) is 17.1. The number of thioether (sulfide) groups is 1. The lowest BCUT2D eigenvalue weighted by molar-refractivity contribution is -0.132. The third-order valence-electron chi connectivity index (χ3n) is 9.33. The molecule has 0 bridgehead atoms. The van der Waals surface area contributed by atoms with Crippen LogP contribution in [0.25, 0.3) is 11.1 Å². The molecule has 47 heavy (non-hydrogen) atoms. The summed E-state index contributed by atoms with van der Waals surface area (Å²) in [5.41, 5.74) is 8.90. The van der Waals surface area contributed by atoms with Crippen molar-refractivity contribution in [1.82, 2.24) is 19.4 Å². The molecule has 1 amide bonds. The van der Waals surface area contributed by atoms with Crippen molar-refractivity contribution in [3.8, 4) is 11.1 Å². The Kier molecular flexibility index (Phi) is 11.4. The second kappa shape index (κ2) is 15.5. The van der Waals surface area contributed by atoms with Crippen LogP contribution in [0.2, 0.25) is 0 Å². The summed E-state index contributed by atoms with van der Waals surface area (Å²) in [4.78, 5) is 36.1. The number of aromatic nitrogens is 2. The maximum atomic E-state index is 14.2. The minimum atomic E-state index is -0.140. The minimum Gasteiger partial charge on any atom is -0.336 e. The van der Waals surface area contributed by atoms with E-state index in [0.29, 0.717) is 24.0 Å². The monoisotopic (exact) mass is 650 g/mol. The average Bonchev–Trinajstić information content (AvgIpc) is 3.57. The number of benzene rings is 3. The summed E-state index contributed by atoms with van der Waals surface area (Å²) >= 11 is 1.54. The Labute approximate surface area is 285 Å². The number of carbonyl (C=O) groups excluding carboxylic acids is 1. The molecular formula is C40H50N4O2S. The molecular weight excluding hydrogens is 601 g/mol. The molecule has 0 saturated carbocycles. The van der Waals surface area contributed by atoms with Gasteiger partial charge in [0.2, 0.25) is 5.91 Å². The maximum Gasteiger partial charge on any atom is 0.277 e. The van der Waals surface area contributed by atoms with Crippen LogP contribution in [0.3, 0.4) is 0 Å². The number of amides is 1. The molecule has 4 aromatic rings. The Hall–Kier alpha value is -3.68. The van der Waals surface area contributed by atoms with Crippen molar-refractivity contribution in [1.29, 1.82) is 0 Å². The summed E-state index contributed by atoms with van der Waals surface area (Å²) in [6, 6.07) is 25.9. The second-order valence-electron chi connectivity index (χ2n) is 13.7. The zero-order valence-electron chi connectivity index (χ0n) is 29.0. The molecule has 5 rings (SSSR count). The topological polar surface area (TPSA) is 58.4 Å². The predicted molar refractivity (Wildman–Crippen MR) is 195 cm³/mol. The SMILES string of the molecule is CCN(CC)CCN(Cc1ccc(-c2ccc(C(C)(C)C)cc2)cc1)C(=O)Cn1c(SCc2ccc(C)cc2)nc(=O)c2c1CCC2. The molecule has 6 nitrogen and oxygen atoms in total. The van der Waals surface area contributed by atoms with Gasteiger partial charge >= 0.3 is 0 Å². The number of hydrogen-bond acceptors (Lipinski definition) is 5. The lowest BCUT2D eigenvalue weighted by Gasteiger charge is -2.28. The van der Waals surface area contributed by atoms with Gasteiger partial charge in [-0.25, -0.2) is 0 Å². The molecule has 0 aliphatic heterocycles. The van der Waals surface area contributed by atoms with Gasteiger partial charge in [0.1, 0.15) is 6.54 Å². The van der Waals surface area contributed by atoms with E-state index in [4.69, 9.17) is 0 Å². The first-order chi connectivity index (χ1) is 22.5. The van der Waals surface area contributed by atoms with Crippen LogP contribution in [0.1, 0.15) is 74.6 Å². The standard InChI is InChI=1S/C40H50N4O2S/c1-7-42(8-2)24-25-43(26-30-16-18-32(19-17-30)33-20-22-34(23-21-33)40(4,5)6)37(45)27-44-36-11-9-10-35(36)38(46)41-39(44)47-28-31-14-12-29(3)13-15-31/h12-23H,7-11,24-28H2,1-6H3. The Balaban J connectivity index is 1.37. The highest BCUT2D eigenvalue weighted by Gasteiger charge is 2.25. The summed E-state index contributed by atoms with van der Waals surface area (Å²) in [7, 11) is 0. The first-order valence-corrected chi connectivity index (χ1v) is 18.0.